The second-order valence-corrected chi connectivity index (χ2v) is 16.9. The third kappa shape index (κ3) is 5.95. The van der Waals surface area contributed by atoms with Crippen LogP contribution in [-0.2, 0) is 0 Å². The van der Waals surface area contributed by atoms with Crippen LogP contribution < -0.4 is 4.90 Å². The largest absolute Gasteiger partial charge is 0.454 e. The van der Waals surface area contributed by atoms with Crippen LogP contribution in [0.4, 0.5) is 17.1 Å². The van der Waals surface area contributed by atoms with E-state index in [1.54, 1.807) is 0 Å². The fourth-order valence-corrected chi connectivity index (χ4v) is 9.99. The van der Waals surface area contributed by atoms with Crippen LogP contribution in [0.25, 0.3) is 109 Å². The third-order valence-electron chi connectivity index (χ3n) is 13.2. The summed E-state index contributed by atoms with van der Waals surface area (Å²) in [5.41, 5.74) is 12.1. The Balaban J connectivity index is 0.963. The van der Waals surface area contributed by atoms with E-state index in [1.807, 2.05) is 0 Å². The van der Waals surface area contributed by atoms with Gasteiger partial charge in [-0.3, -0.25) is 0 Å². The van der Waals surface area contributed by atoms with Crippen LogP contribution in [0.3, 0.4) is 0 Å². The minimum atomic E-state index is 0.865. The summed E-state index contributed by atoms with van der Waals surface area (Å²) in [5.74, 6) is 0. The number of fused-ring (bicyclic) bond motifs is 9. The summed E-state index contributed by atoms with van der Waals surface area (Å²) in [6, 6.07) is 86.1. The molecule has 0 spiro atoms. The molecule has 298 valence electrons. The predicted molar refractivity (Wildman–Crippen MR) is 272 cm³/mol. The minimum Gasteiger partial charge on any atom is -0.454 e. The van der Waals surface area contributed by atoms with Crippen molar-refractivity contribution in [3.05, 3.63) is 237 Å². The lowest BCUT2D eigenvalue weighted by atomic mass is 9.94. The summed E-state index contributed by atoms with van der Waals surface area (Å²) < 4.78 is 6.91. The lowest BCUT2D eigenvalue weighted by molar-refractivity contribution is 0.669. The lowest BCUT2D eigenvalue weighted by Gasteiger charge is -2.28. The fraction of sp³-hybridized carbons (Fsp3) is 0. The van der Waals surface area contributed by atoms with Crippen LogP contribution in [0, 0.1) is 0 Å². The van der Waals surface area contributed by atoms with Gasteiger partial charge in [0.25, 0.3) is 0 Å². The molecule has 13 rings (SSSR count). The molecule has 0 saturated carbocycles. The van der Waals surface area contributed by atoms with Crippen molar-refractivity contribution < 1.29 is 4.42 Å². The van der Waals surface area contributed by atoms with Crippen molar-refractivity contribution in [1.29, 1.82) is 0 Å². The molecule has 0 saturated heterocycles. The molecule has 2 nitrogen and oxygen atoms in total. The average molecular weight is 814 g/mol. The molecule has 0 atom stereocenters. The Morgan fingerprint density at radius 1 is 0.281 bits per heavy atom. The number of anilines is 3. The molecule has 0 fully saturated rings. The highest BCUT2D eigenvalue weighted by Crippen LogP contribution is 2.48. The summed E-state index contributed by atoms with van der Waals surface area (Å²) in [4.78, 5) is 2.40. The zero-order chi connectivity index (χ0) is 42.1. The van der Waals surface area contributed by atoms with Gasteiger partial charge in [0.15, 0.2) is 5.58 Å². The molecule has 0 bridgehead atoms. The van der Waals surface area contributed by atoms with Gasteiger partial charge in [-0.05, 0) is 136 Å². The summed E-state index contributed by atoms with van der Waals surface area (Å²) in [5, 5.41) is 14.4. The van der Waals surface area contributed by atoms with Gasteiger partial charge in [0.2, 0.25) is 0 Å². The first kappa shape index (κ1) is 36.2. The normalized spacial score (nSPS) is 11.8. The Morgan fingerprint density at radius 2 is 0.750 bits per heavy atom. The van der Waals surface area contributed by atoms with Crippen molar-refractivity contribution in [2.24, 2.45) is 0 Å². The van der Waals surface area contributed by atoms with Crippen LogP contribution in [-0.4, -0.2) is 0 Å². The van der Waals surface area contributed by atoms with Crippen molar-refractivity contribution in [2.45, 2.75) is 0 Å². The van der Waals surface area contributed by atoms with Crippen molar-refractivity contribution in [3.8, 4) is 33.4 Å². The number of para-hydroxylation sites is 1. The summed E-state index contributed by atoms with van der Waals surface area (Å²) in [7, 11) is 0. The van der Waals surface area contributed by atoms with E-state index in [-0.39, 0.29) is 0 Å². The molecule has 0 amide bonds. The highest BCUT2D eigenvalue weighted by Gasteiger charge is 2.24. The third-order valence-corrected chi connectivity index (χ3v) is 13.2. The first-order chi connectivity index (χ1) is 31.7. The number of nitrogens with zero attached hydrogens (tertiary/aromatic N) is 1. The average Bonchev–Trinajstić information content (AvgIpc) is 3.76. The molecule has 13 aromatic rings. The zero-order valence-corrected chi connectivity index (χ0v) is 34.9. The molecule has 1 aromatic heterocycles. The second-order valence-electron chi connectivity index (χ2n) is 16.9. The molecule has 0 aliphatic heterocycles. The molecular formula is C62H39NO. The molecule has 0 N–H and O–H groups in total. The van der Waals surface area contributed by atoms with Crippen LogP contribution in [0.2, 0.25) is 0 Å². The molecular weight excluding hydrogens is 775 g/mol. The first-order valence-corrected chi connectivity index (χ1v) is 22.0. The number of rotatable bonds is 6. The highest BCUT2D eigenvalue weighted by molar-refractivity contribution is 6.23. The van der Waals surface area contributed by atoms with Gasteiger partial charge in [-0.2, -0.15) is 0 Å². The Hall–Kier alpha value is -8.46. The monoisotopic (exact) mass is 813 g/mol. The van der Waals surface area contributed by atoms with Gasteiger partial charge in [0.05, 0.1) is 11.4 Å². The quantitative estimate of drug-likeness (QED) is 0.166. The fourth-order valence-electron chi connectivity index (χ4n) is 9.99. The van der Waals surface area contributed by atoms with E-state index >= 15 is 0 Å². The van der Waals surface area contributed by atoms with E-state index < -0.39 is 0 Å². The molecule has 2 heteroatoms. The molecule has 1 heterocycles. The molecule has 0 aliphatic carbocycles. The Morgan fingerprint density at radius 3 is 1.42 bits per heavy atom. The van der Waals surface area contributed by atoms with E-state index in [1.165, 1.54) is 70.9 Å². The smallest absolute Gasteiger partial charge is 0.160 e. The number of hydrogen-bond donors (Lipinski definition) is 0. The minimum absolute atomic E-state index is 0.865. The number of hydrogen-bond acceptors (Lipinski definition) is 2. The molecule has 12 aromatic carbocycles. The van der Waals surface area contributed by atoms with Crippen LogP contribution >= 0.6 is 0 Å². The zero-order valence-electron chi connectivity index (χ0n) is 34.9. The van der Waals surface area contributed by atoms with Crippen LogP contribution in [0.1, 0.15) is 0 Å². The molecule has 64 heavy (non-hydrogen) atoms. The predicted octanol–water partition coefficient (Wildman–Crippen LogP) is 17.8. The van der Waals surface area contributed by atoms with Crippen molar-refractivity contribution in [1.82, 2.24) is 0 Å². The number of furan rings is 1. The Labute approximate surface area is 370 Å². The molecule has 0 radical (unpaired) electrons. The van der Waals surface area contributed by atoms with E-state index in [9.17, 15) is 0 Å². The summed E-state index contributed by atoms with van der Waals surface area (Å²) in [6.45, 7) is 0. The van der Waals surface area contributed by atoms with Gasteiger partial charge in [-0.15, -0.1) is 0 Å². The first-order valence-electron chi connectivity index (χ1n) is 22.0. The van der Waals surface area contributed by atoms with E-state index in [2.05, 4.69) is 241 Å². The van der Waals surface area contributed by atoms with Crippen molar-refractivity contribution in [3.63, 3.8) is 0 Å². The Bertz CT molecular complexity index is 3970. The second kappa shape index (κ2) is 14.6. The van der Waals surface area contributed by atoms with E-state index in [0.29, 0.717) is 0 Å². The van der Waals surface area contributed by atoms with E-state index in [0.717, 1.165) is 55.3 Å². The van der Waals surface area contributed by atoms with Gasteiger partial charge < -0.3 is 9.32 Å². The maximum atomic E-state index is 6.91. The summed E-state index contributed by atoms with van der Waals surface area (Å²) >= 11 is 0. The number of benzene rings is 12. The van der Waals surface area contributed by atoms with Gasteiger partial charge >= 0.3 is 0 Å². The van der Waals surface area contributed by atoms with Gasteiger partial charge in [0, 0.05) is 21.8 Å². The SMILES string of the molecule is c1ccc2cc(-c3ccc4cc(-c5ccc(N(c6ccc(-c7ccc8ccccc8c7)c7ccccc67)c6cc7ccccc7c7c6oc6ccccc67)cc5)ccc4c3)ccc2c1. The van der Waals surface area contributed by atoms with Crippen molar-refractivity contribution >= 4 is 92.9 Å². The summed E-state index contributed by atoms with van der Waals surface area (Å²) in [6.07, 6.45) is 0. The standard InChI is InChI=1S/C62H39NO/c1-3-13-43-35-46(23-21-40(43)11-1)49-27-26-47-36-45(24-25-48(47)37-49)42-29-31-52(32-30-42)63(59-39-50-15-5-6-16-54(50)61-57-19-9-10-20-60(57)64-62(59)61)58-34-33-53(55-17-7-8-18-56(55)58)51-28-22-41-12-2-4-14-44(41)38-51/h1-39H. The maximum absolute atomic E-state index is 6.91. The molecule has 0 unspecified atom stereocenters. The topological polar surface area (TPSA) is 16.4 Å². The highest BCUT2D eigenvalue weighted by atomic mass is 16.3. The van der Waals surface area contributed by atoms with Gasteiger partial charge in [-0.25, -0.2) is 0 Å². The van der Waals surface area contributed by atoms with Crippen LogP contribution in [0.5, 0.6) is 0 Å². The van der Waals surface area contributed by atoms with Crippen molar-refractivity contribution in [2.75, 3.05) is 4.90 Å². The van der Waals surface area contributed by atoms with Crippen LogP contribution in [0.15, 0.2) is 241 Å². The molecule has 0 aliphatic rings. The Kier molecular flexibility index (Phi) is 8.25. The van der Waals surface area contributed by atoms with Gasteiger partial charge in [-0.1, -0.05) is 182 Å². The lowest BCUT2D eigenvalue weighted by Crippen LogP contribution is -2.11. The maximum Gasteiger partial charge on any atom is 0.160 e. The van der Waals surface area contributed by atoms with E-state index in [4.69, 9.17) is 4.42 Å². The van der Waals surface area contributed by atoms with Gasteiger partial charge in [0.1, 0.15) is 5.58 Å².